The number of rotatable bonds is 7. The van der Waals surface area contributed by atoms with Crippen LogP contribution in [-0.2, 0) is 6.61 Å². The van der Waals surface area contributed by atoms with Gasteiger partial charge >= 0.3 is 0 Å². The Labute approximate surface area is 180 Å². The van der Waals surface area contributed by atoms with Crippen LogP contribution in [0.25, 0.3) is 22.0 Å². The van der Waals surface area contributed by atoms with Crippen LogP contribution < -0.4 is 10.6 Å². The monoisotopic (exact) mass is 415 g/mol. The van der Waals surface area contributed by atoms with Gasteiger partial charge in [0, 0.05) is 29.5 Å². The molecule has 2 aromatic carbocycles. The van der Waals surface area contributed by atoms with Crippen LogP contribution in [-0.4, -0.2) is 32.0 Å². The summed E-state index contributed by atoms with van der Waals surface area (Å²) in [5.41, 5.74) is 4.50. The SMILES string of the molecule is CCC(C)Nc1ncc2cc(-c3cc(NC(=O)c4ccc[nH]4)ccc3CO)ccc2n1. The van der Waals surface area contributed by atoms with E-state index in [9.17, 15) is 9.90 Å². The van der Waals surface area contributed by atoms with E-state index in [2.05, 4.69) is 39.4 Å². The highest BCUT2D eigenvalue weighted by atomic mass is 16.3. The maximum absolute atomic E-state index is 12.4. The second-order valence-corrected chi connectivity index (χ2v) is 7.49. The molecule has 0 aliphatic heterocycles. The quantitative estimate of drug-likeness (QED) is 0.354. The number of carbonyl (C=O) groups excluding carboxylic acids is 1. The molecule has 158 valence electrons. The first kappa shape index (κ1) is 20.6. The zero-order valence-corrected chi connectivity index (χ0v) is 17.5. The Morgan fingerprint density at radius 3 is 2.81 bits per heavy atom. The van der Waals surface area contributed by atoms with Gasteiger partial charge in [-0.05, 0) is 66.4 Å². The number of anilines is 2. The Bertz CT molecular complexity index is 1200. The molecule has 0 spiro atoms. The molecule has 0 aliphatic carbocycles. The fourth-order valence-electron chi connectivity index (χ4n) is 3.32. The van der Waals surface area contributed by atoms with Crippen molar-refractivity contribution in [1.29, 1.82) is 0 Å². The Morgan fingerprint density at radius 1 is 1.19 bits per heavy atom. The predicted octanol–water partition coefficient (Wildman–Crippen LogP) is 4.58. The molecule has 0 fully saturated rings. The van der Waals surface area contributed by atoms with Crippen molar-refractivity contribution in [1.82, 2.24) is 15.0 Å². The summed E-state index contributed by atoms with van der Waals surface area (Å²) < 4.78 is 0. The van der Waals surface area contributed by atoms with Crippen LogP contribution in [0.1, 0.15) is 36.3 Å². The van der Waals surface area contributed by atoms with Crippen LogP contribution >= 0.6 is 0 Å². The number of hydrogen-bond donors (Lipinski definition) is 4. The lowest BCUT2D eigenvalue weighted by atomic mass is 9.98. The molecule has 1 amide bonds. The average Bonchev–Trinajstić information content (AvgIpc) is 3.34. The minimum absolute atomic E-state index is 0.105. The lowest BCUT2D eigenvalue weighted by molar-refractivity contribution is 0.102. The minimum atomic E-state index is -0.221. The molecule has 4 N–H and O–H groups in total. The molecule has 1 unspecified atom stereocenters. The summed E-state index contributed by atoms with van der Waals surface area (Å²) in [4.78, 5) is 24.3. The maximum Gasteiger partial charge on any atom is 0.272 e. The van der Waals surface area contributed by atoms with Gasteiger partial charge < -0.3 is 20.7 Å². The summed E-state index contributed by atoms with van der Waals surface area (Å²) in [7, 11) is 0. The van der Waals surface area contributed by atoms with Crippen LogP contribution in [0.15, 0.2) is 60.9 Å². The number of aromatic nitrogens is 3. The molecule has 7 nitrogen and oxygen atoms in total. The van der Waals surface area contributed by atoms with Crippen LogP contribution in [0.3, 0.4) is 0 Å². The van der Waals surface area contributed by atoms with Gasteiger partial charge in [0.15, 0.2) is 0 Å². The first-order valence-corrected chi connectivity index (χ1v) is 10.3. The van der Waals surface area contributed by atoms with Crippen molar-refractivity contribution < 1.29 is 9.90 Å². The predicted molar refractivity (Wildman–Crippen MR) is 123 cm³/mol. The van der Waals surface area contributed by atoms with E-state index in [0.29, 0.717) is 23.4 Å². The third-order valence-corrected chi connectivity index (χ3v) is 5.26. The number of nitrogens with zero attached hydrogens (tertiary/aromatic N) is 2. The molecule has 2 aromatic heterocycles. The summed E-state index contributed by atoms with van der Waals surface area (Å²) in [6, 6.07) is 15.2. The third kappa shape index (κ3) is 4.57. The summed E-state index contributed by atoms with van der Waals surface area (Å²) in [6.45, 7) is 4.10. The Kier molecular flexibility index (Phi) is 5.95. The fraction of sp³-hybridized carbons (Fsp3) is 0.208. The fourth-order valence-corrected chi connectivity index (χ4v) is 3.32. The van der Waals surface area contributed by atoms with E-state index in [0.717, 1.165) is 34.0 Å². The number of aliphatic hydroxyl groups excluding tert-OH is 1. The van der Waals surface area contributed by atoms with Gasteiger partial charge in [-0.25, -0.2) is 9.97 Å². The highest BCUT2D eigenvalue weighted by Gasteiger charge is 2.11. The van der Waals surface area contributed by atoms with E-state index in [1.165, 1.54) is 0 Å². The van der Waals surface area contributed by atoms with Gasteiger partial charge in [-0.2, -0.15) is 0 Å². The van der Waals surface area contributed by atoms with Gasteiger partial charge in [-0.15, -0.1) is 0 Å². The van der Waals surface area contributed by atoms with Gasteiger partial charge in [0.05, 0.1) is 12.1 Å². The summed E-state index contributed by atoms with van der Waals surface area (Å²) >= 11 is 0. The van der Waals surface area contributed by atoms with Crippen molar-refractivity contribution in [3.63, 3.8) is 0 Å². The van der Waals surface area contributed by atoms with Crippen molar-refractivity contribution in [2.24, 2.45) is 0 Å². The van der Waals surface area contributed by atoms with E-state index in [-0.39, 0.29) is 12.5 Å². The lowest BCUT2D eigenvalue weighted by Crippen LogP contribution is -2.15. The van der Waals surface area contributed by atoms with Crippen LogP contribution in [0.4, 0.5) is 11.6 Å². The first-order valence-electron chi connectivity index (χ1n) is 10.3. The number of H-pyrrole nitrogens is 1. The Balaban J connectivity index is 1.65. The highest BCUT2D eigenvalue weighted by molar-refractivity contribution is 6.03. The lowest BCUT2D eigenvalue weighted by Gasteiger charge is -2.13. The van der Waals surface area contributed by atoms with E-state index >= 15 is 0 Å². The van der Waals surface area contributed by atoms with Crippen molar-refractivity contribution in [2.45, 2.75) is 32.9 Å². The summed E-state index contributed by atoms with van der Waals surface area (Å²) in [5.74, 6) is 0.389. The number of aromatic amines is 1. The normalized spacial score (nSPS) is 12.0. The molecule has 1 atom stereocenters. The first-order chi connectivity index (χ1) is 15.1. The number of nitrogens with one attached hydrogen (secondary N) is 3. The van der Waals surface area contributed by atoms with E-state index < -0.39 is 0 Å². The van der Waals surface area contributed by atoms with Gasteiger partial charge in [0.25, 0.3) is 5.91 Å². The number of aliphatic hydroxyl groups is 1. The second kappa shape index (κ2) is 8.97. The Morgan fingerprint density at radius 2 is 2.06 bits per heavy atom. The van der Waals surface area contributed by atoms with Gasteiger partial charge in [-0.1, -0.05) is 19.1 Å². The molecule has 4 rings (SSSR count). The van der Waals surface area contributed by atoms with Crippen molar-refractivity contribution in [3.8, 4) is 11.1 Å². The third-order valence-electron chi connectivity index (χ3n) is 5.26. The smallest absolute Gasteiger partial charge is 0.272 e. The number of carbonyl (C=O) groups is 1. The van der Waals surface area contributed by atoms with Crippen LogP contribution in [0, 0.1) is 0 Å². The number of benzene rings is 2. The van der Waals surface area contributed by atoms with Gasteiger partial charge in [-0.3, -0.25) is 4.79 Å². The molecular weight excluding hydrogens is 390 g/mol. The molecule has 0 aliphatic rings. The summed E-state index contributed by atoms with van der Waals surface area (Å²) in [5, 5.41) is 16.9. The summed E-state index contributed by atoms with van der Waals surface area (Å²) in [6.07, 6.45) is 4.49. The van der Waals surface area contributed by atoms with Gasteiger partial charge in [0.1, 0.15) is 5.69 Å². The average molecular weight is 415 g/mol. The van der Waals surface area contributed by atoms with E-state index in [1.807, 2.05) is 30.3 Å². The molecular formula is C24H25N5O2. The molecule has 0 radical (unpaired) electrons. The molecule has 0 saturated carbocycles. The maximum atomic E-state index is 12.4. The largest absolute Gasteiger partial charge is 0.392 e. The van der Waals surface area contributed by atoms with Crippen molar-refractivity contribution in [2.75, 3.05) is 10.6 Å². The number of amides is 1. The number of hydrogen-bond acceptors (Lipinski definition) is 5. The zero-order valence-electron chi connectivity index (χ0n) is 17.5. The molecule has 0 saturated heterocycles. The van der Waals surface area contributed by atoms with Crippen molar-refractivity contribution >= 4 is 28.4 Å². The minimum Gasteiger partial charge on any atom is -0.392 e. The number of fused-ring (bicyclic) bond motifs is 1. The molecule has 7 heteroatoms. The van der Waals surface area contributed by atoms with Crippen molar-refractivity contribution in [3.05, 3.63) is 72.2 Å². The van der Waals surface area contributed by atoms with E-state index in [4.69, 9.17) is 0 Å². The standard InChI is InChI=1S/C24H25N5O2/c1-3-15(2)27-24-26-13-18-11-16(7-9-21(18)29-24)20-12-19(8-6-17(20)14-30)28-23(31)22-5-4-10-25-22/h4-13,15,25,30H,3,14H2,1-2H3,(H,28,31)(H,26,27,29). The molecule has 2 heterocycles. The van der Waals surface area contributed by atoms with Crippen LogP contribution in [0.2, 0.25) is 0 Å². The van der Waals surface area contributed by atoms with E-state index in [1.54, 1.807) is 30.6 Å². The topological polar surface area (TPSA) is 103 Å². The zero-order chi connectivity index (χ0) is 21.8. The van der Waals surface area contributed by atoms with Crippen LogP contribution in [0.5, 0.6) is 0 Å². The molecule has 0 bridgehead atoms. The Hall–Kier alpha value is -3.71. The second-order valence-electron chi connectivity index (χ2n) is 7.49. The highest BCUT2D eigenvalue weighted by Crippen LogP contribution is 2.30. The molecule has 31 heavy (non-hydrogen) atoms. The van der Waals surface area contributed by atoms with Gasteiger partial charge in [0.2, 0.25) is 5.95 Å². The molecule has 4 aromatic rings.